The van der Waals surface area contributed by atoms with Gasteiger partial charge in [-0.05, 0) is 44.1 Å². The maximum absolute atomic E-state index is 10.5. The third-order valence-corrected chi connectivity index (χ3v) is 5.00. The first-order chi connectivity index (χ1) is 10.2. The fraction of sp³-hybridized carbons (Fsp3) is 0.600. The van der Waals surface area contributed by atoms with E-state index < -0.39 is 4.92 Å². The molecular weight excluding hydrogens is 288 g/mol. The van der Waals surface area contributed by atoms with Crippen molar-refractivity contribution in [2.45, 2.75) is 37.0 Å². The quantitative estimate of drug-likeness (QED) is 0.476. The molecular formula is C15H22N2O3S. The van der Waals surface area contributed by atoms with Gasteiger partial charge in [0.1, 0.15) is 12.4 Å². The molecule has 0 aliphatic heterocycles. The van der Waals surface area contributed by atoms with Crippen molar-refractivity contribution in [1.82, 2.24) is 5.32 Å². The summed E-state index contributed by atoms with van der Waals surface area (Å²) in [5.74, 6) is 0.675. The maximum atomic E-state index is 10.5. The van der Waals surface area contributed by atoms with Gasteiger partial charge in [-0.2, -0.15) is 11.8 Å². The van der Waals surface area contributed by atoms with Gasteiger partial charge in [-0.15, -0.1) is 0 Å². The van der Waals surface area contributed by atoms with E-state index in [0.29, 0.717) is 18.4 Å². The van der Waals surface area contributed by atoms with Crippen molar-refractivity contribution in [3.8, 4) is 5.75 Å². The van der Waals surface area contributed by atoms with E-state index in [1.807, 2.05) is 11.8 Å². The molecule has 0 heterocycles. The normalized spacial score (nSPS) is 22.0. The molecule has 0 radical (unpaired) electrons. The number of nitro benzene ring substituents is 1. The molecule has 1 N–H and O–H groups in total. The molecule has 21 heavy (non-hydrogen) atoms. The van der Waals surface area contributed by atoms with E-state index in [-0.39, 0.29) is 5.69 Å². The summed E-state index contributed by atoms with van der Waals surface area (Å²) in [4.78, 5) is 10.1. The second kappa shape index (κ2) is 8.24. The van der Waals surface area contributed by atoms with Gasteiger partial charge in [0.05, 0.1) is 4.92 Å². The van der Waals surface area contributed by atoms with Crippen LogP contribution in [0, 0.1) is 10.1 Å². The number of hydrogen-bond acceptors (Lipinski definition) is 5. The third kappa shape index (κ3) is 5.21. The topological polar surface area (TPSA) is 64.4 Å². The highest BCUT2D eigenvalue weighted by Crippen LogP contribution is 2.26. The van der Waals surface area contributed by atoms with Crippen LogP contribution in [0.5, 0.6) is 5.75 Å². The molecule has 0 amide bonds. The van der Waals surface area contributed by atoms with Gasteiger partial charge in [0, 0.05) is 30.0 Å². The predicted molar refractivity (Wildman–Crippen MR) is 86.2 cm³/mol. The summed E-state index contributed by atoms with van der Waals surface area (Å²) < 4.78 is 5.58. The lowest BCUT2D eigenvalue weighted by Crippen LogP contribution is -2.36. The molecule has 1 saturated carbocycles. The lowest BCUT2D eigenvalue weighted by atomic mass is 9.95. The zero-order valence-electron chi connectivity index (χ0n) is 12.3. The molecule has 116 valence electrons. The van der Waals surface area contributed by atoms with E-state index in [1.165, 1.54) is 37.8 Å². The van der Waals surface area contributed by atoms with E-state index in [1.54, 1.807) is 12.1 Å². The largest absolute Gasteiger partial charge is 0.492 e. The number of thioether (sulfide) groups is 1. The maximum Gasteiger partial charge on any atom is 0.269 e. The van der Waals surface area contributed by atoms with E-state index in [4.69, 9.17) is 4.74 Å². The molecule has 5 nitrogen and oxygen atoms in total. The van der Waals surface area contributed by atoms with E-state index in [2.05, 4.69) is 11.6 Å². The lowest BCUT2D eigenvalue weighted by Gasteiger charge is -2.28. The van der Waals surface area contributed by atoms with Crippen LogP contribution in [-0.2, 0) is 0 Å². The molecule has 0 bridgehead atoms. The Labute approximate surface area is 129 Å². The molecule has 1 fully saturated rings. The first-order valence-corrected chi connectivity index (χ1v) is 8.61. The number of benzene rings is 1. The van der Waals surface area contributed by atoms with Crippen molar-refractivity contribution < 1.29 is 9.66 Å². The summed E-state index contributed by atoms with van der Waals surface area (Å²) in [6.07, 6.45) is 7.26. The average Bonchev–Trinajstić information content (AvgIpc) is 2.52. The summed E-state index contributed by atoms with van der Waals surface area (Å²) in [5, 5.41) is 14.9. The lowest BCUT2D eigenvalue weighted by molar-refractivity contribution is -0.384. The van der Waals surface area contributed by atoms with Crippen LogP contribution < -0.4 is 10.1 Å². The van der Waals surface area contributed by atoms with Gasteiger partial charge < -0.3 is 10.1 Å². The minimum atomic E-state index is -0.406. The Morgan fingerprint density at radius 1 is 1.29 bits per heavy atom. The zero-order chi connectivity index (χ0) is 15.1. The Bertz CT molecular complexity index is 445. The Morgan fingerprint density at radius 3 is 2.52 bits per heavy atom. The van der Waals surface area contributed by atoms with Gasteiger partial charge in [-0.1, -0.05) is 0 Å². The molecule has 0 unspecified atom stereocenters. The number of non-ortho nitro benzene ring substituents is 1. The van der Waals surface area contributed by atoms with Crippen molar-refractivity contribution >= 4 is 17.4 Å². The highest BCUT2D eigenvalue weighted by molar-refractivity contribution is 7.99. The van der Waals surface area contributed by atoms with Crippen molar-refractivity contribution in [1.29, 1.82) is 0 Å². The summed E-state index contributed by atoms with van der Waals surface area (Å²) in [6.45, 7) is 1.39. The SMILES string of the molecule is CSC1CCC(NCCOc2ccc([N+](=O)[O-])cc2)CC1. The molecule has 0 spiro atoms. The Hall–Kier alpha value is -1.27. The minimum absolute atomic E-state index is 0.0889. The molecule has 1 aromatic carbocycles. The smallest absolute Gasteiger partial charge is 0.269 e. The van der Waals surface area contributed by atoms with Gasteiger partial charge >= 0.3 is 0 Å². The van der Waals surface area contributed by atoms with Crippen LogP contribution in [0.15, 0.2) is 24.3 Å². The molecule has 2 rings (SSSR count). The number of hydrogen-bond donors (Lipinski definition) is 1. The number of nitrogens with zero attached hydrogens (tertiary/aromatic N) is 1. The molecule has 1 aliphatic rings. The van der Waals surface area contributed by atoms with Crippen LogP contribution in [0.1, 0.15) is 25.7 Å². The molecule has 0 saturated heterocycles. The standard InChI is InChI=1S/C15H22N2O3S/c1-21-15-8-2-12(3-9-15)16-10-11-20-14-6-4-13(5-7-14)17(18)19/h4-7,12,15-16H,2-3,8-11H2,1H3. The van der Waals surface area contributed by atoms with Crippen LogP contribution in [0.2, 0.25) is 0 Å². The Balaban J connectivity index is 1.62. The number of nitrogens with one attached hydrogen (secondary N) is 1. The molecule has 1 aromatic rings. The number of rotatable bonds is 7. The van der Waals surface area contributed by atoms with E-state index >= 15 is 0 Å². The Kier molecular flexibility index (Phi) is 6.32. The zero-order valence-corrected chi connectivity index (χ0v) is 13.1. The molecule has 0 atom stereocenters. The number of ether oxygens (including phenoxy) is 1. The van der Waals surface area contributed by atoms with Gasteiger partial charge in [0.15, 0.2) is 0 Å². The molecule has 0 aromatic heterocycles. The van der Waals surface area contributed by atoms with E-state index in [9.17, 15) is 10.1 Å². The van der Waals surface area contributed by atoms with Crippen LogP contribution >= 0.6 is 11.8 Å². The van der Waals surface area contributed by atoms with Crippen LogP contribution in [0.25, 0.3) is 0 Å². The van der Waals surface area contributed by atoms with Gasteiger partial charge in [0.2, 0.25) is 0 Å². The summed E-state index contributed by atoms with van der Waals surface area (Å²) >= 11 is 1.98. The predicted octanol–water partition coefficient (Wildman–Crippen LogP) is 3.24. The van der Waals surface area contributed by atoms with E-state index in [0.717, 1.165) is 11.8 Å². The summed E-state index contributed by atoms with van der Waals surface area (Å²) in [7, 11) is 0. The average molecular weight is 310 g/mol. The highest BCUT2D eigenvalue weighted by atomic mass is 32.2. The number of nitro groups is 1. The first-order valence-electron chi connectivity index (χ1n) is 7.32. The highest BCUT2D eigenvalue weighted by Gasteiger charge is 2.19. The van der Waals surface area contributed by atoms with Crippen LogP contribution in [0.4, 0.5) is 5.69 Å². The summed E-state index contributed by atoms with van der Waals surface area (Å²) in [5.41, 5.74) is 0.0889. The second-order valence-corrected chi connectivity index (χ2v) is 6.40. The van der Waals surface area contributed by atoms with Gasteiger partial charge in [-0.25, -0.2) is 0 Å². The van der Waals surface area contributed by atoms with Crippen molar-refractivity contribution in [2.24, 2.45) is 0 Å². The van der Waals surface area contributed by atoms with Crippen molar-refractivity contribution in [2.75, 3.05) is 19.4 Å². The minimum Gasteiger partial charge on any atom is -0.492 e. The molecule has 6 heteroatoms. The first kappa shape index (κ1) is 16.1. The van der Waals surface area contributed by atoms with Crippen molar-refractivity contribution in [3.05, 3.63) is 34.4 Å². The fourth-order valence-corrected chi connectivity index (χ4v) is 3.34. The second-order valence-electron chi connectivity index (χ2n) is 5.26. The van der Waals surface area contributed by atoms with Crippen molar-refractivity contribution in [3.63, 3.8) is 0 Å². The monoisotopic (exact) mass is 310 g/mol. The summed E-state index contributed by atoms with van der Waals surface area (Å²) in [6, 6.07) is 6.82. The third-order valence-electron chi connectivity index (χ3n) is 3.86. The fourth-order valence-electron chi connectivity index (χ4n) is 2.60. The van der Waals surface area contributed by atoms with Gasteiger partial charge in [0.25, 0.3) is 5.69 Å². The van der Waals surface area contributed by atoms with Crippen LogP contribution in [-0.4, -0.2) is 35.6 Å². The van der Waals surface area contributed by atoms with Gasteiger partial charge in [-0.3, -0.25) is 10.1 Å². The van der Waals surface area contributed by atoms with Crippen LogP contribution in [0.3, 0.4) is 0 Å². The Morgan fingerprint density at radius 2 is 1.95 bits per heavy atom. The molecule has 1 aliphatic carbocycles.